The summed E-state index contributed by atoms with van der Waals surface area (Å²) in [6.45, 7) is 5.01. The highest BCUT2D eigenvalue weighted by atomic mass is 16.5. The first-order valence-electron chi connectivity index (χ1n) is 11.1. The van der Waals surface area contributed by atoms with Crippen LogP contribution in [-0.4, -0.2) is 61.5 Å². The van der Waals surface area contributed by atoms with Crippen molar-refractivity contribution in [3.63, 3.8) is 0 Å². The summed E-state index contributed by atoms with van der Waals surface area (Å²) in [5.74, 6) is -0.470. The Kier molecular flexibility index (Phi) is 5.99. The Hall–Kier alpha value is -2.87. The van der Waals surface area contributed by atoms with Crippen LogP contribution in [-0.2, 0) is 19.1 Å². The van der Waals surface area contributed by atoms with Crippen LogP contribution in [0.4, 0.5) is 5.69 Å². The summed E-state index contributed by atoms with van der Waals surface area (Å²) in [7, 11) is 2.89. The standard InChI is InChI=1S/C24H30N2O6/c1-5-15-12-26-10-9-24(20(26)11-16(15)17(13-30-3)23(29)31-4)22(28)21-18(25-24)7-6-8-19(21)32-14(2)27/h6-8,13,15-16,20,25H,5,9-12H2,1-4H3/b17-13-/t15-,16+,20?,24+/m1/s1. The fourth-order valence-electron chi connectivity index (χ4n) is 5.75. The van der Waals surface area contributed by atoms with E-state index in [4.69, 9.17) is 14.2 Å². The van der Waals surface area contributed by atoms with Crippen LogP contribution in [0.25, 0.3) is 0 Å². The Balaban J connectivity index is 1.70. The summed E-state index contributed by atoms with van der Waals surface area (Å²) < 4.78 is 15.6. The lowest BCUT2D eigenvalue weighted by molar-refractivity contribution is -0.137. The molecule has 0 aliphatic carbocycles. The number of anilines is 1. The van der Waals surface area contributed by atoms with Crippen LogP contribution in [0.2, 0.25) is 0 Å². The van der Waals surface area contributed by atoms with Gasteiger partial charge in [-0.05, 0) is 36.8 Å². The first-order valence-corrected chi connectivity index (χ1v) is 11.1. The number of piperidine rings is 1. The Morgan fingerprint density at radius 3 is 2.75 bits per heavy atom. The quantitative estimate of drug-likeness (QED) is 0.322. The molecule has 4 atom stereocenters. The highest BCUT2D eigenvalue weighted by Crippen LogP contribution is 2.50. The SMILES string of the molecule is CC[C@@H]1CN2CC[C@]3(Nc4cccc(OC(C)=O)c4C3=O)C2C[C@@H]1/C(=C/OC)C(=O)OC. The number of nitrogens with one attached hydrogen (secondary N) is 1. The van der Waals surface area contributed by atoms with Gasteiger partial charge in [0.05, 0.1) is 31.6 Å². The van der Waals surface area contributed by atoms with Crippen LogP contribution < -0.4 is 10.1 Å². The van der Waals surface area contributed by atoms with Gasteiger partial charge < -0.3 is 19.5 Å². The van der Waals surface area contributed by atoms with E-state index in [2.05, 4.69) is 17.1 Å². The molecule has 0 bridgehead atoms. The predicted molar refractivity (Wildman–Crippen MR) is 117 cm³/mol. The van der Waals surface area contributed by atoms with Crippen molar-refractivity contribution in [2.75, 3.05) is 32.6 Å². The second kappa shape index (κ2) is 8.58. The Labute approximate surface area is 187 Å². The van der Waals surface area contributed by atoms with E-state index in [-0.39, 0.29) is 29.4 Å². The lowest BCUT2D eigenvalue weighted by Gasteiger charge is -2.45. The summed E-state index contributed by atoms with van der Waals surface area (Å²) in [5, 5.41) is 3.49. The molecule has 0 amide bonds. The van der Waals surface area contributed by atoms with Crippen molar-refractivity contribution >= 4 is 23.4 Å². The lowest BCUT2D eigenvalue weighted by atomic mass is 9.72. The van der Waals surface area contributed by atoms with Gasteiger partial charge in [-0.2, -0.15) is 0 Å². The van der Waals surface area contributed by atoms with Crippen molar-refractivity contribution in [2.45, 2.75) is 44.7 Å². The van der Waals surface area contributed by atoms with E-state index in [0.29, 0.717) is 29.7 Å². The number of nitrogens with zero attached hydrogens (tertiary/aromatic N) is 1. The van der Waals surface area contributed by atoms with Gasteiger partial charge in [-0.3, -0.25) is 14.5 Å². The molecule has 4 rings (SSSR count). The van der Waals surface area contributed by atoms with Crippen LogP contribution in [0.15, 0.2) is 30.0 Å². The van der Waals surface area contributed by atoms with E-state index in [1.165, 1.54) is 27.4 Å². The molecule has 2 saturated heterocycles. The van der Waals surface area contributed by atoms with Crippen molar-refractivity contribution < 1.29 is 28.6 Å². The van der Waals surface area contributed by atoms with Gasteiger partial charge in [0.25, 0.3) is 0 Å². The molecule has 2 fully saturated rings. The van der Waals surface area contributed by atoms with Crippen LogP contribution in [0.5, 0.6) is 5.75 Å². The zero-order valence-corrected chi connectivity index (χ0v) is 19.0. The van der Waals surface area contributed by atoms with E-state index >= 15 is 0 Å². The van der Waals surface area contributed by atoms with Crippen LogP contribution in [0.1, 0.15) is 43.5 Å². The molecular formula is C24H30N2O6. The van der Waals surface area contributed by atoms with E-state index in [0.717, 1.165) is 19.5 Å². The van der Waals surface area contributed by atoms with Crippen LogP contribution in [0.3, 0.4) is 0 Å². The average Bonchev–Trinajstić information content (AvgIpc) is 3.28. The van der Waals surface area contributed by atoms with Gasteiger partial charge in [0.15, 0.2) is 5.78 Å². The summed E-state index contributed by atoms with van der Waals surface area (Å²) >= 11 is 0. The van der Waals surface area contributed by atoms with Crippen molar-refractivity contribution in [3.05, 3.63) is 35.6 Å². The van der Waals surface area contributed by atoms with E-state index in [1.807, 2.05) is 6.07 Å². The summed E-state index contributed by atoms with van der Waals surface area (Å²) in [6, 6.07) is 5.16. The molecule has 3 aliphatic heterocycles. The maximum atomic E-state index is 13.8. The van der Waals surface area contributed by atoms with Crippen molar-refractivity contribution in [2.24, 2.45) is 11.8 Å². The van der Waals surface area contributed by atoms with Gasteiger partial charge in [-0.1, -0.05) is 19.4 Å². The minimum atomic E-state index is -0.816. The zero-order valence-electron chi connectivity index (χ0n) is 19.0. The number of fused-ring (bicyclic) bond motifs is 3. The van der Waals surface area contributed by atoms with E-state index in [9.17, 15) is 14.4 Å². The molecule has 1 aromatic carbocycles. The molecule has 0 saturated carbocycles. The van der Waals surface area contributed by atoms with Gasteiger partial charge in [0.1, 0.15) is 11.3 Å². The number of rotatable bonds is 5. The van der Waals surface area contributed by atoms with Gasteiger partial charge >= 0.3 is 11.9 Å². The Bertz CT molecular complexity index is 973. The summed E-state index contributed by atoms with van der Waals surface area (Å²) in [6.07, 6.45) is 3.65. The fourth-order valence-corrected chi connectivity index (χ4v) is 5.75. The van der Waals surface area contributed by atoms with E-state index in [1.54, 1.807) is 12.1 Å². The number of ether oxygens (including phenoxy) is 3. The average molecular weight is 443 g/mol. The molecule has 0 radical (unpaired) electrons. The highest BCUT2D eigenvalue weighted by Gasteiger charge is 2.59. The third-order valence-corrected chi connectivity index (χ3v) is 7.18. The lowest BCUT2D eigenvalue weighted by Crippen LogP contribution is -2.57. The van der Waals surface area contributed by atoms with Gasteiger partial charge in [-0.25, -0.2) is 4.79 Å². The number of Topliss-reactive ketones (excluding diaryl/α,β-unsaturated/α-hetero) is 1. The number of esters is 2. The third kappa shape index (κ3) is 3.46. The highest BCUT2D eigenvalue weighted by molar-refractivity contribution is 6.16. The number of methoxy groups -OCH3 is 2. The van der Waals surface area contributed by atoms with Crippen LogP contribution >= 0.6 is 0 Å². The largest absolute Gasteiger partial charge is 0.504 e. The number of hydrogen-bond acceptors (Lipinski definition) is 8. The molecule has 172 valence electrons. The molecule has 1 aromatic rings. The monoisotopic (exact) mass is 442 g/mol. The smallest absolute Gasteiger partial charge is 0.337 e. The Morgan fingerprint density at radius 2 is 2.09 bits per heavy atom. The number of benzene rings is 1. The van der Waals surface area contributed by atoms with Crippen molar-refractivity contribution in [3.8, 4) is 5.75 Å². The molecule has 3 heterocycles. The van der Waals surface area contributed by atoms with Crippen LogP contribution in [0, 0.1) is 11.8 Å². The molecule has 32 heavy (non-hydrogen) atoms. The second-order valence-electron chi connectivity index (χ2n) is 8.77. The molecule has 8 heteroatoms. The molecular weight excluding hydrogens is 412 g/mol. The first-order chi connectivity index (χ1) is 15.4. The van der Waals surface area contributed by atoms with Crippen molar-refractivity contribution in [1.29, 1.82) is 0 Å². The van der Waals surface area contributed by atoms with Crippen molar-refractivity contribution in [1.82, 2.24) is 4.90 Å². The minimum Gasteiger partial charge on any atom is -0.504 e. The molecule has 3 aliphatic rings. The minimum absolute atomic E-state index is 0.0547. The number of hydrogen-bond donors (Lipinski definition) is 1. The third-order valence-electron chi connectivity index (χ3n) is 7.18. The van der Waals surface area contributed by atoms with Gasteiger partial charge in [0, 0.05) is 31.7 Å². The summed E-state index contributed by atoms with van der Waals surface area (Å²) in [5.41, 5.74) is 0.806. The van der Waals surface area contributed by atoms with Gasteiger partial charge in [0.2, 0.25) is 0 Å². The molecule has 1 spiro atoms. The predicted octanol–water partition coefficient (Wildman–Crippen LogP) is 2.78. The van der Waals surface area contributed by atoms with Gasteiger partial charge in [-0.15, -0.1) is 0 Å². The molecule has 8 nitrogen and oxygen atoms in total. The van der Waals surface area contributed by atoms with E-state index < -0.39 is 17.5 Å². The summed E-state index contributed by atoms with van der Waals surface area (Å²) in [4.78, 5) is 40.3. The second-order valence-corrected chi connectivity index (χ2v) is 8.77. The molecule has 0 aromatic heterocycles. The topological polar surface area (TPSA) is 94.2 Å². The maximum absolute atomic E-state index is 13.8. The molecule has 1 N–H and O–H groups in total. The first kappa shape index (κ1) is 22.3. The number of carbonyl (C=O) groups excluding carboxylic acids is 3. The number of carbonyl (C=O) groups is 3. The number of ketones is 1. The fraction of sp³-hybridized carbons (Fsp3) is 0.542. The zero-order chi connectivity index (χ0) is 23.0. The normalized spacial score (nSPS) is 29.3. The molecule has 1 unspecified atom stereocenters. The maximum Gasteiger partial charge on any atom is 0.337 e. The Morgan fingerprint density at radius 1 is 1.31 bits per heavy atom.